The number of rotatable bonds is 6. The second kappa shape index (κ2) is 7.95. The van der Waals surface area contributed by atoms with E-state index in [1.807, 2.05) is 31.2 Å². The summed E-state index contributed by atoms with van der Waals surface area (Å²) in [6.07, 6.45) is 0.249. The number of amides is 2. The van der Waals surface area contributed by atoms with Gasteiger partial charge < -0.3 is 19.9 Å². The summed E-state index contributed by atoms with van der Waals surface area (Å²) in [4.78, 5) is 29.6. The van der Waals surface area contributed by atoms with Crippen molar-refractivity contribution in [2.45, 2.75) is 13.3 Å². The Hall–Kier alpha value is -3.28. The maximum Gasteiger partial charge on any atom is 0.243 e. The van der Waals surface area contributed by atoms with E-state index >= 15 is 0 Å². The van der Waals surface area contributed by atoms with Gasteiger partial charge in [0.15, 0.2) is 0 Å². The third-order valence-electron chi connectivity index (χ3n) is 4.52. The van der Waals surface area contributed by atoms with Gasteiger partial charge in [0.2, 0.25) is 11.8 Å². The molecule has 0 saturated heterocycles. The standard InChI is InChI=1S/C21H23N3O3/c1-14-18(17-9-4-5-10-19(17)22-14)12-21(26)24(2)13-20(25)23-15-7-6-8-16(11-15)27-3/h4-11,22H,12-13H2,1-3H3,(H,23,25). The Kier molecular flexibility index (Phi) is 5.45. The largest absolute Gasteiger partial charge is 0.497 e. The van der Waals surface area contributed by atoms with Crippen LogP contribution in [0, 0.1) is 6.92 Å². The van der Waals surface area contributed by atoms with Crippen molar-refractivity contribution in [1.82, 2.24) is 9.88 Å². The van der Waals surface area contributed by atoms with Gasteiger partial charge in [-0.25, -0.2) is 0 Å². The topological polar surface area (TPSA) is 74.4 Å². The highest BCUT2D eigenvalue weighted by Gasteiger charge is 2.17. The zero-order valence-corrected chi connectivity index (χ0v) is 15.7. The van der Waals surface area contributed by atoms with Crippen LogP contribution in [0.3, 0.4) is 0 Å². The number of ether oxygens (including phenoxy) is 1. The van der Waals surface area contributed by atoms with Crippen LogP contribution in [0.2, 0.25) is 0 Å². The number of aryl methyl sites for hydroxylation is 1. The molecule has 3 rings (SSSR count). The monoisotopic (exact) mass is 365 g/mol. The molecule has 2 N–H and O–H groups in total. The van der Waals surface area contributed by atoms with Crippen molar-refractivity contribution in [1.29, 1.82) is 0 Å². The van der Waals surface area contributed by atoms with E-state index in [1.54, 1.807) is 38.4 Å². The Balaban J connectivity index is 1.63. The van der Waals surface area contributed by atoms with E-state index in [0.717, 1.165) is 22.2 Å². The van der Waals surface area contributed by atoms with Crippen LogP contribution in [-0.4, -0.2) is 42.4 Å². The summed E-state index contributed by atoms with van der Waals surface area (Å²) in [5.74, 6) is 0.297. The number of hydrogen-bond acceptors (Lipinski definition) is 3. The Labute approximate surface area is 158 Å². The maximum absolute atomic E-state index is 12.6. The molecular formula is C21H23N3O3. The van der Waals surface area contributed by atoms with Crippen LogP contribution in [0.4, 0.5) is 5.69 Å². The van der Waals surface area contributed by atoms with Gasteiger partial charge in [0, 0.05) is 35.4 Å². The number of nitrogens with one attached hydrogen (secondary N) is 2. The van der Waals surface area contributed by atoms with Crippen LogP contribution in [0.25, 0.3) is 10.9 Å². The van der Waals surface area contributed by atoms with E-state index < -0.39 is 0 Å². The minimum atomic E-state index is -0.255. The van der Waals surface area contributed by atoms with Gasteiger partial charge in [0.05, 0.1) is 20.1 Å². The van der Waals surface area contributed by atoms with Crippen LogP contribution in [0.15, 0.2) is 48.5 Å². The number of carbonyl (C=O) groups excluding carboxylic acids is 2. The van der Waals surface area contributed by atoms with E-state index in [4.69, 9.17) is 4.74 Å². The lowest BCUT2D eigenvalue weighted by Crippen LogP contribution is -2.35. The number of para-hydroxylation sites is 1. The first-order chi connectivity index (χ1) is 13.0. The molecule has 0 aliphatic carbocycles. The summed E-state index contributed by atoms with van der Waals surface area (Å²) in [5.41, 5.74) is 3.58. The summed E-state index contributed by atoms with van der Waals surface area (Å²) >= 11 is 0. The van der Waals surface area contributed by atoms with Crippen molar-refractivity contribution >= 4 is 28.4 Å². The summed E-state index contributed by atoms with van der Waals surface area (Å²) in [6.45, 7) is 1.94. The fourth-order valence-electron chi connectivity index (χ4n) is 3.05. The van der Waals surface area contributed by atoms with Gasteiger partial charge in [-0.1, -0.05) is 24.3 Å². The average Bonchev–Trinajstić information content (AvgIpc) is 2.97. The molecule has 2 amide bonds. The highest BCUT2D eigenvalue weighted by Crippen LogP contribution is 2.22. The molecule has 140 valence electrons. The van der Waals surface area contributed by atoms with Gasteiger partial charge in [-0.2, -0.15) is 0 Å². The molecule has 27 heavy (non-hydrogen) atoms. The number of hydrogen-bond donors (Lipinski definition) is 2. The van der Waals surface area contributed by atoms with Crippen LogP contribution in [0.5, 0.6) is 5.75 Å². The lowest BCUT2D eigenvalue weighted by Gasteiger charge is -2.17. The van der Waals surface area contributed by atoms with Crippen LogP contribution < -0.4 is 10.1 Å². The molecule has 0 spiro atoms. The van der Waals surface area contributed by atoms with Crippen molar-refractivity contribution in [3.8, 4) is 5.75 Å². The van der Waals surface area contributed by atoms with Gasteiger partial charge in [0.25, 0.3) is 0 Å². The summed E-state index contributed by atoms with van der Waals surface area (Å²) < 4.78 is 5.14. The number of benzene rings is 2. The van der Waals surface area contributed by atoms with E-state index in [2.05, 4.69) is 10.3 Å². The van der Waals surface area contributed by atoms with E-state index in [-0.39, 0.29) is 24.8 Å². The SMILES string of the molecule is COc1cccc(NC(=O)CN(C)C(=O)Cc2c(C)[nH]c3ccccc23)c1. The number of aromatic nitrogens is 1. The Morgan fingerprint density at radius 2 is 1.93 bits per heavy atom. The second-order valence-electron chi connectivity index (χ2n) is 6.48. The molecule has 6 nitrogen and oxygen atoms in total. The number of nitrogens with zero attached hydrogens (tertiary/aromatic N) is 1. The van der Waals surface area contributed by atoms with Gasteiger partial charge in [-0.05, 0) is 30.7 Å². The number of H-pyrrole nitrogens is 1. The molecular weight excluding hydrogens is 342 g/mol. The normalized spacial score (nSPS) is 10.6. The zero-order valence-electron chi connectivity index (χ0n) is 15.7. The molecule has 6 heteroatoms. The highest BCUT2D eigenvalue weighted by atomic mass is 16.5. The zero-order chi connectivity index (χ0) is 19.4. The van der Waals surface area contributed by atoms with Gasteiger partial charge in [-0.15, -0.1) is 0 Å². The number of aromatic amines is 1. The van der Waals surface area contributed by atoms with Gasteiger partial charge >= 0.3 is 0 Å². The number of anilines is 1. The minimum absolute atomic E-state index is 0.0164. The molecule has 0 radical (unpaired) electrons. The van der Waals surface area contributed by atoms with Crippen molar-refractivity contribution < 1.29 is 14.3 Å². The molecule has 1 aromatic heterocycles. The lowest BCUT2D eigenvalue weighted by molar-refractivity contribution is -0.132. The summed E-state index contributed by atoms with van der Waals surface area (Å²) in [6, 6.07) is 15.0. The third kappa shape index (κ3) is 4.28. The number of fused-ring (bicyclic) bond motifs is 1. The first kappa shape index (κ1) is 18.5. The van der Waals surface area contributed by atoms with Crippen molar-refractivity contribution in [2.24, 2.45) is 0 Å². The molecule has 0 saturated carbocycles. The first-order valence-electron chi connectivity index (χ1n) is 8.72. The van der Waals surface area contributed by atoms with Crippen molar-refractivity contribution in [3.05, 3.63) is 59.8 Å². The molecule has 2 aromatic carbocycles. The van der Waals surface area contributed by atoms with Gasteiger partial charge in [0.1, 0.15) is 5.75 Å². The molecule has 0 atom stereocenters. The van der Waals surface area contributed by atoms with Crippen LogP contribution in [-0.2, 0) is 16.0 Å². The smallest absolute Gasteiger partial charge is 0.243 e. The fourth-order valence-corrected chi connectivity index (χ4v) is 3.05. The molecule has 0 bridgehead atoms. The lowest BCUT2D eigenvalue weighted by atomic mass is 10.1. The predicted octanol–water partition coefficient (Wildman–Crippen LogP) is 3.12. The number of carbonyl (C=O) groups is 2. The predicted molar refractivity (Wildman–Crippen MR) is 106 cm³/mol. The summed E-state index contributed by atoms with van der Waals surface area (Å²) in [5, 5.41) is 3.82. The fraction of sp³-hybridized carbons (Fsp3) is 0.238. The molecule has 0 aliphatic rings. The molecule has 0 aliphatic heterocycles. The maximum atomic E-state index is 12.6. The highest BCUT2D eigenvalue weighted by molar-refractivity contribution is 5.96. The van der Waals surface area contributed by atoms with E-state index in [9.17, 15) is 9.59 Å². The number of methoxy groups -OCH3 is 1. The third-order valence-corrected chi connectivity index (χ3v) is 4.52. The Bertz CT molecular complexity index is 978. The van der Waals surface area contributed by atoms with Crippen molar-refractivity contribution in [2.75, 3.05) is 26.0 Å². The molecule has 0 unspecified atom stereocenters. The Morgan fingerprint density at radius 3 is 2.70 bits per heavy atom. The average molecular weight is 365 g/mol. The van der Waals surface area contributed by atoms with Crippen molar-refractivity contribution in [3.63, 3.8) is 0 Å². The second-order valence-corrected chi connectivity index (χ2v) is 6.48. The van der Waals surface area contributed by atoms with Crippen LogP contribution in [0.1, 0.15) is 11.3 Å². The molecule has 3 aromatic rings. The Morgan fingerprint density at radius 1 is 1.15 bits per heavy atom. The molecule has 0 fully saturated rings. The molecule has 1 heterocycles. The van der Waals surface area contributed by atoms with E-state index in [1.165, 1.54) is 4.90 Å². The van der Waals surface area contributed by atoms with Crippen LogP contribution >= 0.6 is 0 Å². The summed E-state index contributed by atoms with van der Waals surface area (Å²) in [7, 11) is 3.21. The first-order valence-corrected chi connectivity index (χ1v) is 8.72. The van der Waals surface area contributed by atoms with E-state index in [0.29, 0.717) is 11.4 Å². The van der Waals surface area contributed by atoms with Gasteiger partial charge in [-0.3, -0.25) is 9.59 Å². The minimum Gasteiger partial charge on any atom is -0.497 e. The quantitative estimate of drug-likeness (QED) is 0.705. The number of likely N-dealkylation sites (N-methyl/N-ethyl adjacent to an activating group) is 1.